The van der Waals surface area contributed by atoms with Crippen LogP contribution in [0.3, 0.4) is 0 Å². The predicted octanol–water partition coefficient (Wildman–Crippen LogP) is 3.63. The molecule has 0 atom stereocenters. The molecule has 0 N–H and O–H groups in total. The number of nitrogens with zero attached hydrogens (tertiary/aromatic N) is 3. The van der Waals surface area contributed by atoms with E-state index in [0.717, 1.165) is 65.0 Å². The fourth-order valence-electron chi connectivity index (χ4n) is 4.75. The van der Waals surface area contributed by atoms with Crippen LogP contribution in [0.4, 0.5) is 5.69 Å². The van der Waals surface area contributed by atoms with E-state index in [4.69, 9.17) is 0 Å². The number of amides is 2. The molecule has 3 rings (SSSR count). The molecular formula is C24H37N3O2. The molecule has 0 bridgehead atoms. The van der Waals surface area contributed by atoms with Gasteiger partial charge in [0.05, 0.1) is 0 Å². The molecule has 0 aliphatic carbocycles. The number of piperidine rings is 1. The normalized spacial score (nSPS) is 18.4. The number of hydrogen-bond acceptors (Lipinski definition) is 3. The molecular weight excluding hydrogens is 362 g/mol. The van der Waals surface area contributed by atoms with Gasteiger partial charge in [-0.2, -0.15) is 0 Å². The van der Waals surface area contributed by atoms with Crippen LogP contribution in [-0.4, -0.2) is 60.9 Å². The Kier molecular flexibility index (Phi) is 7.20. The van der Waals surface area contributed by atoms with Crippen molar-refractivity contribution in [2.45, 2.75) is 53.4 Å². The number of carbonyl (C=O) groups excluding carboxylic acids is 2. The first-order chi connectivity index (χ1) is 14.0. The lowest BCUT2D eigenvalue weighted by Crippen LogP contribution is -2.52. The number of carbonyl (C=O) groups is 2. The van der Waals surface area contributed by atoms with Gasteiger partial charge in [-0.1, -0.05) is 26.0 Å². The Labute approximate surface area is 176 Å². The highest BCUT2D eigenvalue weighted by Gasteiger charge is 2.33. The molecule has 2 aliphatic heterocycles. The van der Waals surface area contributed by atoms with E-state index in [9.17, 15) is 9.59 Å². The van der Waals surface area contributed by atoms with Gasteiger partial charge >= 0.3 is 0 Å². The molecule has 2 amide bonds. The van der Waals surface area contributed by atoms with E-state index in [1.807, 2.05) is 9.80 Å². The molecule has 1 aromatic carbocycles. The minimum absolute atomic E-state index is 0.0769. The van der Waals surface area contributed by atoms with Gasteiger partial charge in [-0.15, -0.1) is 0 Å². The topological polar surface area (TPSA) is 43.9 Å². The van der Waals surface area contributed by atoms with Gasteiger partial charge in [0.2, 0.25) is 11.8 Å². The molecule has 2 saturated heterocycles. The van der Waals surface area contributed by atoms with Gasteiger partial charge in [0, 0.05) is 56.8 Å². The summed E-state index contributed by atoms with van der Waals surface area (Å²) >= 11 is 0. The summed E-state index contributed by atoms with van der Waals surface area (Å²) < 4.78 is 0. The molecule has 160 valence electrons. The number of rotatable bonds is 5. The van der Waals surface area contributed by atoms with Crippen molar-refractivity contribution in [3.8, 4) is 0 Å². The lowest BCUT2D eigenvalue weighted by molar-refractivity contribution is -0.142. The van der Waals surface area contributed by atoms with Gasteiger partial charge < -0.3 is 14.7 Å². The first-order valence-electron chi connectivity index (χ1n) is 11.3. The Hall–Kier alpha value is -2.04. The Morgan fingerprint density at radius 2 is 1.55 bits per heavy atom. The minimum Gasteiger partial charge on any atom is -0.368 e. The van der Waals surface area contributed by atoms with Crippen molar-refractivity contribution in [1.29, 1.82) is 0 Å². The smallest absolute Gasteiger partial charge is 0.225 e. The third-order valence-electron chi connectivity index (χ3n) is 7.00. The Bertz CT molecular complexity index is 713. The number of likely N-dealkylation sites (tertiary alicyclic amines) is 1. The van der Waals surface area contributed by atoms with Gasteiger partial charge in [-0.3, -0.25) is 9.59 Å². The first kappa shape index (κ1) is 21.7. The number of hydrogen-bond donors (Lipinski definition) is 0. The zero-order valence-corrected chi connectivity index (χ0v) is 18.6. The van der Waals surface area contributed by atoms with Crippen molar-refractivity contribution in [2.24, 2.45) is 11.8 Å². The second kappa shape index (κ2) is 9.64. The average Bonchev–Trinajstić information content (AvgIpc) is 2.76. The molecule has 29 heavy (non-hydrogen) atoms. The molecule has 0 spiro atoms. The highest BCUT2D eigenvalue weighted by atomic mass is 16.2. The molecule has 2 fully saturated rings. The fraction of sp³-hybridized carbons (Fsp3) is 0.667. The van der Waals surface area contributed by atoms with Crippen LogP contribution in [0.15, 0.2) is 18.2 Å². The van der Waals surface area contributed by atoms with Crippen LogP contribution in [0.1, 0.15) is 50.7 Å². The molecule has 1 aromatic rings. The van der Waals surface area contributed by atoms with E-state index in [1.54, 1.807) is 0 Å². The van der Waals surface area contributed by atoms with Crippen LogP contribution in [0.25, 0.3) is 0 Å². The second-order valence-corrected chi connectivity index (χ2v) is 8.64. The van der Waals surface area contributed by atoms with Gasteiger partial charge in [-0.25, -0.2) is 0 Å². The van der Waals surface area contributed by atoms with Gasteiger partial charge in [0.25, 0.3) is 0 Å². The predicted molar refractivity (Wildman–Crippen MR) is 118 cm³/mol. The third-order valence-corrected chi connectivity index (χ3v) is 7.00. The summed E-state index contributed by atoms with van der Waals surface area (Å²) in [6.45, 7) is 13.3. The molecule has 0 unspecified atom stereocenters. The lowest BCUT2D eigenvalue weighted by atomic mass is 9.93. The highest BCUT2D eigenvalue weighted by molar-refractivity contribution is 5.81. The van der Waals surface area contributed by atoms with Crippen molar-refractivity contribution in [1.82, 2.24) is 9.80 Å². The van der Waals surface area contributed by atoms with Crippen LogP contribution in [0.2, 0.25) is 0 Å². The molecule has 5 heteroatoms. The van der Waals surface area contributed by atoms with E-state index in [2.05, 4.69) is 50.8 Å². The minimum atomic E-state index is 0.0769. The molecule has 2 aliphatic rings. The van der Waals surface area contributed by atoms with Crippen LogP contribution in [0.5, 0.6) is 0 Å². The Morgan fingerprint density at radius 1 is 0.931 bits per heavy atom. The van der Waals surface area contributed by atoms with Gasteiger partial charge in [0.1, 0.15) is 0 Å². The number of anilines is 1. The zero-order chi connectivity index (χ0) is 21.0. The maximum Gasteiger partial charge on any atom is 0.225 e. The molecule has 0 radical (unpaired) electrons. The maximum atomic E-state index is 13.0. The summed E-state index contributed by atoms with van der Waals surface area (Å²) in [5, 5.41) is 0. The second-order valence-electron chi connectivity index (χ2n) is 8.64. The molecule has 0 saturated carbocycles. The quantitative estimate of drug-likeness (QED) is 0.759. The molecule has 2 heterocycles. The summed E-state index contributed by atoms with van der Waals surface area (Å²) in [6.07, 6.45) is 3.42. The van der Waals surface area contributed by atoms with Crippen molar-refractivity contribution >= 4 is 17.5 Å². The first-order valence-corrected chi connectivity index (χ1v) is 11.3. The van der Waals surface area contributed by atoms with E-state index in [1.165, 1.54) is 16.8 Å². The average molecular weight is 400 g/mol. The monoisotopic (exact) mass is 399 g/mol. The van der Waals surface area contributed by atoms with Crippen LogP contribution < -0.4 is 4.90 Å². The Morgan fingerprint density at radius 3 is 2.14 bits per heavy atom. The number of benzene rings is 1. The zero-order valence-electron chi connectivity index (χ0n) is 18.6. The van der Waals surface area contributed by atoms with Crippen LogP contribution in [-0.2, 0) is 9.59 Å². The Balaban J connectivity index is 1.50. The largest absolute Gasteiger partial charge is 0.368 e. The van der Waals surface area contributed by atoms with Crippen molar-refractivity contribution < 1.29 is 9.59 Å². The molecule has 5 nitrogen and oxygen atoms in total. The highest BCUT2D eigenvalue weighted by Crippen LogP contribution is 2.26. The number of aryl methyl sites for hydroxylation is 1. The van der Waals surface area contributed by atoms with Gasteiger partial charge in [0.15, 0.2) is 0 Å². The van der Waals surface area contributed by atoms with Crippen LogP contribution >= 0.6 is 0 Å². The fourth-order valence-corrected chi connectivity index (χ4v) is 4.75. The van der Waals surface area contributed by atoms with E-state index >= 15 is 0 Å². The summed E-state index contributed by atoms with van der Waals surface area (Å²) in [4.78, 5) is 32.1. The van der Waals surface area contributed by atoms with Gasteiger partial charge in [-0.05, 0) is 56.7 Å². The van der Waals surface area contributed by atoms with E-state index in [-0.39, 0.29) is 17.7 Å². The standard InChI is InChI=1S/C24H37N3O2/c1-5-20(6-2)23(28)26-12-10-21(11-13-26)24(29)27-16-14-25(15-17-27)22-9-7-8-18(3)19(22)4/h7-9,20-21H,5-6,10-17H2,1-4H3. The summed E-state index contributed by atoms with van der Waals surface area (Å²) in [5.41, 5.74) is 3.95. The molecule has 0 aromatic heterocycles. The third kappa shape index (κ3) is 4.76. The SMILES string of the molecule is CCC(CC)C(=O)N1CCC(C(=O)N2CCN(c3cccc(C)c3C)CC2)CC1. The summed E-state index contributed by atoms with van der Waals surface area (Å²) in [6, 6.07) is 6.46. The summed E-state index contributed by atoms with van der Waals surface area (Å²) in [7, 11) is 0. The summed E-state index contributed by atoms with van der Waals surface area (Å²) in [5.74, 6) is 0.789. The van der Waals surface area contributed by atoms with Crippen molar-refractivity contribution in [3.05, 3.63) is 29.3 Å². The lowest BCUT2D eigenvalue weighted by Gasteiger charge is -2.40. The number of piperazine rings is 1. The van der Waals surface area contributed by atoms with E-state index < -0.39 is 0 Å². The maximum absolute atomic E-state index is 13.0. The van der Waals surface area contributed by atoms with Crippen LogP contribution in [0, 0.1) is 25.7 Å². The van der Waals surface area contributed by atoms with E-state index in [0.29, 0.717) is 5.91 Å². The van der Waals surface area contributed by atoms with Crippen molar-refractivity contribution in [2.75, 3.05) is 44.2 Å². The van der Waals surface area contributed by atoms with Crippen molar-refractivity contribution in [3.63, 3.8) is 0 Å².